The molecule has 0 fully saturated rings. The molecule has 0 spiro atoms. The number of nitrogens with two attached hydrogens (primary N) is 2. The van der Waals surface area contributed by atoms with E-state index in [2.05, 4.69) is 21.0 Å². The lowest BCUT2D eigenvalue weighted by atomic mass is 9.87. The Labute approximate surface area is 187 Å². The van der Waals surface area contributed by atoms with Gasteiger partial charge < -0.3 is 11.5 Å². The first-order chi connectivity index (χ1) is 14.1. The number of primary amides is 1. The fraction of sp³-hybridized carbons (Fsp3) is 0.263. The van der Waals surface area contributed by atoms with Crippen molar-refractivity contribution in [1.82, 2.24) is 9.78 Å². The highest BCUT2D eigenvalue weighted by molar-refractivity contribution is 9.10. The van der Waals surface area contributed by atoms with Gasteiger partial charge in [0.25, 0.3) is 5.91 Å². The number of benzene rings is 1. The molecule has 0 aliphatic heterocycles. The average molecular weight is 522 g/mol. The van der Waals surface area contributed by atoms with Crippen molar-refractivity contribution in [2.45, 2.75) is 18.5 Å². The molecule has 3 aromatic rings. The van der Waals surface area contributed by atoms with Crippen LogP contribution >= 0.6 is 38.9 Å². The molecule has 11 heteroatoms. The summed E-state index contributed by atoms with van der Waals surface area (Å²) in [6, 6.07) is 5.30. The third kappa shape index (κ3) is 4.27. The SMILES string of the molecule is Cn1ncc(Br)c1-c1c(Cl)sc(C(N)=O)c1[C@@H](CN)Cc1ccccc1C(F)(F)F. The van der Waals surface area contributed by atoms with Crippen molar-refractivity contribution in [3.05, 3.63) is 60.8 Å². The van der Waals surface area contributed by atoms with Gasteiger partial charge >= 0.3 is 6.18 Å². The van der Waals surface area contributed by atoms with Gasteiger partial charge in [0.05, 0.1) is 26.8 Å². The summed E-state index contributed by atoms with van der Waals surface area (Å²) in [4.78, 5) is 12.3. The van der Waals surface area contributed by atoms with Crippen LogP contribution in [0.5, 0.6) is 0 Å². The zero-order chi connectivity index (χ0) is 22.2. The molecule has 4 N–H and O–H groups in total. The largest absolute Gasteiger partial charge is 0.416 e. The number of carbonyl (C=O) groups is 1. The Morgan fingerprint density at radius 1 is 1.37 bits per heavy atom. The molecule has 0 radical (unpaired) electrons. The summed E-state index contributed by atoms with van der Waals surface area (Å²) in [5, 5.41) is 4.16. The van der Waals surface area contributed by atoms with Crippen LogP contribution in [0.25, 0.3) is 11.3 Å². The minimum absolute atomic E-state index is 0.0119. The molecule has 0 bridgehead atoms. The number of hydrogen-bond acceptors (Lipinski definition) is 4. The molecule has 1 amide bonds. The molecule has 5 nitrogen and oxygen atoms in total. The van der Waals surface area contributed by atoms with E-state index in [1.807, 2.05) is 0 Å². The molecule has 0 saturated heterocycles. The zero-order valence-electron chi connectivity index (χ0n) is 15.6. The van der Waals surface area contributed by atoms with E-state index in [0.29, 0.717) is 21.3 Å². The van der Waals surface area contributed by atoms with E-state index in [1.54, 1.807) is 17.9 Å². The summed E-state index contributed by atoms with van der Waals surface area (Å²) in [5.41, 5.74) is 12.4. The standard InChI is InChI=1S/C19H17BrClF3N4OS/c1-28-15(12(20)8-27-28)14-13(16(18(26)29)30-17(14)21)10(7-25)6-9-4-2-3-5-11(9)19(22,23)24/h2-5,8,10H,6-7,25H2,1H3,(H2,26,29)/t10-/m1/s1. The predicted octanol–water partition coefficient (Wildman–Crippen LogP) is 4.97. The predicted molar refractivity (Wildman–Crippen MR) is 115 cm³/mol. The van der Waals surface area contributed by atoms with Crippen LogP contribution < -0.4 is 11.5 Å². The summed E-state index contributed by atoms with van der Waals surface area (Å²) in [6.07, 6.45) is -2.99. The van der Waals surface area contributed by atoms with Crippen LogP contribution in [-0.4, -0.2) is 22.2 Å². The molecule has 0 unspecified atom stereocenters. The number of halogens is 5. The van der Waals surface area contributed by atoms with Crippen LogP contribution in [0.2, 0.25) is 4.34 Å². The van der Waals surface area contributed by atoms with Crippen LogP contribution in [0.15, 0.2) is 34.9 Å². The van der Waals surface area contributed by atoms with Gasteiger partial charge in [-0.15, -0.1) is 11.3 Å². The number of thiophene rings is 1. The number of carbonyl (C=O) groups excluding carboxylic acids is 1. The van der Waals surface area contributed by atoms with Crippen molar-refractivity contribution >= 4 is 44.8 Å². The van der Waals surface area contributed by atoms with Crippen LogP contribution in [0.3, 0.4) is 0 Å². The van der Waals surface area contributed by atoms with Crippen molar-refractivity contribution < 1.29 is 18.0 Å². The van der Waals surface area contributed by atoms with Gasteiger partial charge in [-0.1, -0.05) is 29.8 Å². The van der Waals surface area contributed by atoms with E-state index in [4.69, 9.17) is 23.1 Å². The number of aromatic nitrogens is 2. The molecule has 1 aromatic carbocycles. The van der Waals surface area contributed by atoms with E-state index in [0.717, 1.165) is 17.4 Å². The number of amides is 1. The van der Waals surface area contributed by atoms with Gasteiger partial charge in [-0.3, -0.25) is 9.48 Å². The van der Waals surface area contributed by atoms with Gasteiger partial charge in [0, 0.05) is 18.5 Å². The summed E-state index contributed by atoms with van der Waals surface area (Å²) in [6.45, 7) is -0.0119. The molecule has 2 heterocycles. The van der Waals surface area contributed by atoms with Crippen LogP contribution in [0, 0.1) is 0 Å². The minimum Gasteiger partial charge on any atom is -0.365 e. The van der Waals surface area contributed by atoms with Gasteiger partial charge in [-0.05, 0) is 46.1 Å². The lowest BCUT2D eigenvalue weighted by Crippen LogP contribution is -2.21. The first kappa shape index (κ1) is 22.8. The Balaban J connectivity index is 2.20. The highest BCUT2D eigenvalue weighted by Crippen LogP contribution is 2.46. The Bertz CT molecular complexity index is 1080. The maximum Gasteiger partial charge on any atom is 0.416 e. The highest BCUT2D eigenvalue weighted by Gasteiger charge is 2.35. The Morgan fingerprint density at radius 3 is 2.57 bits per heavy atom. The van der Waals surface area contributed by atoms with Gasteiger partial charge in [0.15, 0.2) is 0 Å². The van der Waals surface area contributed by atoms with E-state index < -0.39 is 23.6 Å². The maximum atomic E-state index is 13.5. The van der Waals surface area contributed by atoms with Crippen molar-refractivity contribution in [1.29, 1.82) is 0 Å². The summed E-state index contributed by atoms with van der Waals surface area (Å²) in [7, 11) is 1.69. The first-order valence-corrected chi connectivity index (χ1v) is 10.7. The van der Waals surface area contributed by atoms with Gasteiger partial charge in [0.1, 0.15) is 4.34 Å². The highest BCUT2D eigenvalue weighted by atomic mass is 79.9. The van der Waals surface area contributed by atoms with E-state index in [1.165, 1.54) is 18.2 Å². The van der Waals surface area contributed by atoms with Crippen LogP contribution in [0.4, 0.5) is 13.2 Å². The van der Waals surface area contributed by atoms with Crippen molar-refractivity contribution in [2.75, 3.05) is 6.54 Å². The Hall–Kier alpha value is -1.88. The number of hydrogen-bond donors (Lipinski definition) is 2. The monoisotopic (exact) mass is 520 g/mol. The number of alkyl halides is 3. The smallest absolute Gasteiger partial charge is 0.365 e. The molecule has 30 heavy (non-hydrogen) atoms. The average Bonchev–Trinajstić information content (AvgIpc) is 3.18. The summed E-state index contributed by atoms with van der Waals surface area (Å²) < 4.78 is 42.9. The third-order valence-electron chi connectivity index (χ3n) is 4.74. The molecule has 2 aromatic heterocycles. The second-order valence-electron chi connectivity index (χ2n) is 6.61. The Kier molecular flexibility index (Phi) is 6.61. The van der Waals surface area contributed by atoms with Crippen molar-refractivity contribution in [3.63, 3.8) is 0 Å². The fourth-order valence-electron chi connectivity index (χ4n) is 3.44. The maximum absolute atomic E-state index is 13.5. The normalized spacial score (nSPS) is 12.9. The fourth-order valence-corrected chi connectivity index (χ4v) is 5.38. The van der Waals surface area contributed by atoms with E-state index >= 15 is 0 Å². The van der Waals surface area contributed by atoms with E-state index in [-0.39, 0.29) is 27.7 Å². The lowest BCUT2D eigenvalue weighted by Gasteiger charge is -2.21. The van der Waals surface area contributed by atoms with E-state index in [9.17, 15) is 18.0 Å². The topological polar surface area (TPSA) is 86.9 Å². The lowest BCUT2D eigenvalue weighted by molar-refractivity contribution is -0.138. The second-order valence-corrected chi connectivity index (χ2v) is 9.09. The summed E-state index contributed by atoms with van der Waals surface area (Å²) >= 11 is 10.9. The van der Waals surface area contributed by atoms with Crippen LogP contribution in [-0.2, 0) is 19.6 Å². The quantitative estimate of drug-likeness (QED) is 0.480. The first-order valence-electron chi connectivity index (χ1n) is 8.71. The molecule has 0 aliphatic carbocycles. The molecule has 0 saturated carbocycles. The van der Waals surface area contributed by atoms with Gasteiger partial charge in [0.2, 0.25) is 0 Å². The molecular weight excluding hydrogens is 505 g/mol. The second kappa shape index (κ2) is 8.70. The number of rotatable bonds is 6. The Morgan fingerprint density at radius 2 is 2.03 bits per heavy atom. The van der Waals surface area contributed by atoms with Gasteiger partial charge in [-0.2, -0.15) is 18.3 Å². The zero-order valence-corrected chi connectivity index (χ0v) is 18.8. The molecule has 1 atom stereocenters. The number of aryl methyl sites for hydroxylation is 1. The number of nitrogens with zero attached hydrogens (tertiary/aromatic N) is 2. The molecular formula is C19H17BrClF3N4OS. The molecule has 0 aliphatic rings. The van der Waals surface area contributed by atoms with Gasteiger partial charge in [-0.25, -0.2) is 0 Å². The third-order valence-corrected chi connectivity index (χ3v) is 6.75. The molecule has 3 rings (SSSR count). The van der Waals surface area contributed by atoms with Crippen molar-refractivity contribution in [2.24, 2.45) is 18.5 Å². The molecule has 160 valence electrons. The minimum atomic E-state index is -4.51. The summed E-state index contributed by atoms with van der Waals surface area (Å²) in [5.74, 6) is -1.35. The van der Waals surface area contributed by atoms with Crippen molar-refractivity contribution in [3.8, 4) is 11.3 Å². The van der Waals surface area contributed by atoms with Crippen LogP contribution in [0.1, 0.15) is 32.3 Å².